The number of nitrogens with zero attached hydrogens (tertiary/aromatic N) is 5. The number of ether oxygens (including phenoxy) is 3. The number of halogens is 1. The van der Waals surface area contributed by atoms with E-state index in [-0.39, 0.29) is 91.2 Å². The molecule has 2 aliphatic carbocycles. The lowest BCUT2D eigenvalue weighted by Gasteiger charge is -2.42. The molecule has 5 bridgehead atoms. The van der Waals surface area contributed by atoms with Crippen LogP contribution in [-0.2, 0) is 19.1 Å². The zero-order chi connectivity index (χ0) is 60.6. The summed E-state index contributed by atoms with van der Waals surface area (Å²) >= 11 is 0. The topological polar surface area (TPSA) is 256 Å². The molecule has 11 rings (SSSR count). The smallest absolute Gasteiger partial charge is 0.341 e. The van der Waals surface area contributed by atoms with E-state index < -0.39 is 76.5 Å². The zero-order valence-corrected chi connectivity index (χ0v) is 49.7. The number of fused-ring (bicyclic) bond motifs is 15. The summed E-state index contributed by atoms with van der Waals surface area (Å²) in [5, 5.41) is 79.4. The number of pyridine rings is 2. The van der Waals surface area contributed by atoms with Crippen molar-refractivity contribution in [3.63, 3.8) is 0 Å². The first-order valence-electron chi connectivity index (χ1n) is 29.6. The summed E-state index contributed by atoms with van der Waals surface area (Å²) in [6.07, 6.45) is 14.8. The molecule has 2 saturated heterocycles. The molecule has 4 aromatic rings. The van der Waals surface area contributed by atoms with Gasteiger partial charge in [0.25, 0.3) is 17.3 Å². The number of amides is 1. The standard InChI is InChI=1S/C64H81FN6O13/c1-32-13-11-14-34(3)60(78)67-50-45(55(75)47-48(56(50)76)54(74)38(7)58-49(47)59(77)63(9,84-58)82-26-12-15-33(2)57(83-39(8)72)37(6)53(73)35(4)27-32)29-66-70-24-19-42(20-25-70)68(10)64(21-22-64)41-18-23-69(30-41)52-36(5)51-43(40-16-17-40)28-44(62(80)81)61(79)71(51)31-46(52)65/h11-14,26,28-29,31-33,35,37,40-42,53,57,59,73-77H,15-25,27,30H2,1-10H3,(H,67,78)(H,80,81)/b13-11+,26-12+,34-14-,66-29+/t32-,33+,35+,37+,41+,53+,57+,59?,63-/m0/s1. The summed E-state index contributed by atoms with van der Waals surface area (Å²) in [5.74, 6) is -6.93. The number of aromatic nitrogens is 1. The van der Waals surface area contributed by atoms with Crippen molar-refractivity contribution in [2.24, 2.45) is 34.7 Å². The SMILES string of the molecule is CC(=O)O[C@H]1[C@H](C)[C@H](O)[C@H](C)C[C@@H](C)/C=C/C=C(/C)C(=O)Nc2c(/C=N/N3CCC(N(C)C4([C@@H]5CCN(c6c(F)cn7c(=O)c(C(=O)O)cc(C8CC8)c7c6C)C5)CC4)CC3)c(O)c3c4c(c(C)c(O)c3c2O)O[C@](C)(O/C=C/C[C@H]1C)C4O. The number of nitrogens with one attached hydrogen (secondary N) is 1. The number of allylic oxidation sites excluding steroid dienone is 4. The van der Waals surface area contributed by atoms with E-state index >= 15 is 4.39 Å². The van der Waals surface area contributed by atoms with Gasteiger partial charge in [-0.25, -0.2) is 9.18 Å². The van der Waals surface area contributed by atoms with Crippen molar-refractivity contribution in [2.75, 3.05) is 43.4 Å². The number of hydrogen-bond acceptors (Lipinski definition) is 16. The number of rotatable bonds is 9. The Morgan fingerprint density at radius 1 is 0.940 bits per heavy atom. The van der Waals surface area contributed by atoms with Gasteiger partial charge in [-0.3, -0.25) is 28.7 Å². The van der Waals surface area contributed by atoms with Crippen LogP contribution in [0.15, 0.2) is 58.3 Å². The van der Waals surface area contributed by atoms with Gasteiger partial charge in [0.1, 0.15) is 28.9 Å². The fourth-order valence-electron chi connectivity index (χ4n) is 14.1. The molecular weight excluding hydrogens is 1080 g/mol. The van der Waals surface area contributed by atoms with Crippen LogP contribution in [-0.4, -0.2) is 132 Å². The van der Waals surface area contributed by atoms with E-state index in [4.69, 9.17) is 19.3 Å². The first-order valence-corrected chi connectivity index (χ1v) is 29.6. The van der Waals surface area contributed by atoms with E-state index in [1.807, 2.05) is 45.7 Å². The third kappa shape index (κ3) is 10.9. The Morgan fingerprint density at radius 2 is 1.64 bits per heavy atom. The molecule has 2 aromatic heterocycles. The highest BCUT2D eigenvalue weighted by atomic mass is 19.1. The minimum absolute atomic E-state index is 0.0160. The number of carboxylic acid groups (broad SMARTS) is 1. The molecule has 9 atom stereocenters. The maximum atomic E-state index is 16.3. The molecule has 0 spiro atoms. The Hall–Kier alpha value is -7.16. The number of anilines is 2. The number of aliphatic hydroxyl groups excluding tert-OH is 2. The summed E-state index contributed by atoms with van der Waals surface area (Å²) < 4.78 is 35.7. The number of phenols is 3. The number of carbonyl (C=O) groups excluding carboxylic acids is 2. The normalized spacial score (nSPS) is 29.3. The van der Waals surface area contributed by atoms with Crippen molar-refractivity contribution in [2.45, 2.75) is 162 Å². The highest BCUT2D eigenvalue weighted by molar-refractivity contribution is 6.16. The summed E-state index contributed by atoms with van der Waals surface area (Å²) in [7, 11) is 2.17. The van der Waals surface area contributed by atoms with Crippen LogP contribution in [0.2, 0.25) is 0 Å². The van der Waals surface area contributed by atoms with Crippen LogP contribution < -0.4 is 20.5 Å². The summed E-state index contributed by atoms with van der Waals surface area (Å²) in [4.78, 5) is 56.4. The van der Waals surface area contributed by atoms with Crippen LogP contribution in [0.3, 0.4) is 0 Å². The van der Waals surface area contributed by atoms with Crippen molar-refractivity contribution in [3.05, 3.63) is 98.0 Å². The average Bonchev–Trinajstić information content (AvgIpc) is 2.24. The fraction of sp³-hybridized carbons (Fsp3) is 0.547. The van der Waals surface area contributed by atoms with Crippen molar-refractivity contribution >= 4 is 51.7 Å². The zero-order valence-electron chi connectivity index (χ0n) is 49.7. The van der Waals surface area contributed by atoms with Gasteiger partial charge in [-0.15, -0.1) is 0 Å². The van der Waals surface area contributed by atoms with Crippen molar-refractivity contribution < 1.29 is 63.6 Å². The second kappa shape index (κ2) is 23.0. The van der Waals surface area contributed by atoms with E-state index in [0.29, 0.717) is 55.8 Å². The first-order chi connectivity index (χ1) is 39.8. The fourth-order valence-corrected chi connectivity index (χ4v) is 14.1. The predicted molar refractivity (Wildman–Crippen MR) is 316 cm³/mol. The van der Waals surface area contributed by atoms with Gasteiger partial charge in [-0.2, -0.15) is 5.10 Å². The number of aryl methyl sites for hydroxylation is 1. The van der Waals surface area contributed by atoms with Crippen LogP contribution in [0.1, 0.15) is 156 Å². The van der Waals surface area contributed by atoms with Gasteiger partial charge >= 0.3 is 11.9 Å². The molecule has 5 aliphatic heterocycles. The van der Waals surface area contributed by atoms with Crippen LogP contribution in [0.5, 0.6) is 23.0 Å². The van der Waals surface area contributed by atoms with Crippen LogP contribution in [0.25, 0.3) is 16.3 Å². The highest BCUT2D eigenvalue weighted by Gasteiger charge is 2.56. The second-order valence-corrected chi connectivity index (χ2v) is 25.1. The molecule has 7 N–H and O–H groups in total. The van der Waals surface area contributed by atoms with Gasteiger partial charge in [0.15, 0.2) is 17.7 Å². The molecule has 2 aromatic carbocycles. The molecule has 7 aliphatic rings. The van der Waals surface area contributed by atoms with E-state index in [9.17, 15) is 49.8 Å². The predicted octanol–water partition coefficient (Wildman–Crippen LogP) is 9.43. The average molecular weight is 1160 g/mol. The van der Waals surface area contributed by atoms with Gasteiger partial charge in [0.2, 0.25) is 0 Å². The number of hydrazone groups is 1. The van der Waals surface area contributed by atoms with Gasteiger partial charge in [-0.05, 0) is 138 Å². The summed E-state index contributed by atoms with van der Waals surface area (Å²) in [6.45, 7) is 17.8. The van der Waals surface area contributed by atoms with Crippen LogP contribution in [0.4, 0.5) is 15.8 Å². The van der Waals surface area contributed by atoms with Crippen molar-refractivity contribution in [1.82, 2.24) is 14.3 Å². The number of piperidine rings is 1. The molecule has 84 heavy (non-hydrogen) atoms. The van der Waals surface area contributed by atoms with Gasteiger partial charge in [0.05, 0.1) is 52.6 Å². The van der Waals surface area contributed by atoms with E-state index in [0.717, 1.165) is 56.7 Å². The van der Waals surface area contributed by atoms with Crippen LogP contribution in [0, 0.1) is 49.3 Å². The number of aromatic carboxylic acids is 1. The highest BCUT2D eigenvalue weighted by Crippen LogP contribution is 2.58. The maximum Gasteiger partial charge on any atom is 0.341 e. The lowest BCUT2D eigenvalue weighted by Crippen LogP contribution is -2.50. The number of aromatic hydroxyl groups is 3. The number of carboxylic acids is 1. The number of benzene rings is 2. The molecule has 2 saturated carbocycles. The van der Waals surface area contributed by atoms with Gasteiger partial charge < -0.3 is 55.1 Å². The quantitative estimate of drug-likeness (QED) is 0.0356. The number of esters is 1. The minimum atomic E-state index is -1.81. The molecule has 1 amide bonds. The Morgan fingerprint density at radius 3 is 2.30 bits per heavy atom. The van der Waals surface area contributed by atoms with Gasteiger partial charge in [-0.1, -0.05) is 45.9 Å². The number of aliphatic hydroxyl groups is 2. The van der Waals surface area contributed by atoms with E-state index in [2.05, 4.69) is 22.2 Å². The van der Waals surface area contributed by atoms with Crippen molar-refractivity contribution in [3.8, 4) is 23.0 Å². The Kier molecular flexibility index (Phi) is 16.4. The molecule has 452 valence electrons. The Balaban J connectivity index is 0.914. The second-order valence-electron chi connectivity index (χ2n) is 25.1. The molecule has 0 radical (unpaired) electrons. The monoisotopic (exact) mass is 1160 g/mol. The first kappa shape index (κ1) is 60.0. The molecule has 1 unspecified atom stereocenters. The van der Waals surface area contributed by atoms with Gasteiger partial charge in [0, 0.05) is 79.6 Å². The molecule has 7 heterocycles. The lowest BCUT2D eigenvalue weighted by molar-refractivity contribution is -0.180. The third-order valence-electron chi connectivity index (χ3n) is 19.3. The number of hydrogen-bond donors (Lipinski definition) is 7. The molecule has 20 heteroatoms. The number of phenolic OH excluding ortho intramolecular Hbond substituents is 3. The molecular formula is C64H81FN6O13. The minimum Gasteiger partial charge on any atom is -0.507 e. The van der Waals surface area contributed by atoms with E-state index in [1.165, 1.54) is 43.7 Å². The summed E-state index contributed by atoms with van der Waals surface area (Å²) in [6, 6.07) is 1.67. The number of carbonyl (C=O) groups is 3. The summed E-state index contributed by atoms with van der Waals surface area (Å²) in [5.41, 5.74) is 1.33. The molecule has 4 fully saturated rings. The Bertz CT molecular complexity index is 3490. The maximum absolute atomic E-state index is 16.3. The third-order valence-corrected chi connectivity index (χ3v) is 19.3. The van der Waals surface area contributed by atoms with Crippen molar-refractivity contribution in [1.29, 1.82) is 0 Å². The van der Waals surface area contributed by atoms with E-state index in [1.54, 1.807) is 25.2 Å². The lowest BCUT2D eigenvalue weighted by atomic mass is 9.80. The molecule has 19 nitrogen and oxygen atoms in total. The Labute approximate surface area is 488 Å². The van der Waals surface area contributed by atoms with Crippen LogP contribution >= 0.6 is 0 Å². The largest absolute Gasteiger partial charge is 0.507 e.